The number of ether oxygens (including phenoxy) is 2. The summed E-state index contributed by atoms with van der Waals surface area (Å²) in [5.74, 6) is -0.0509. The number of aromatic carboxylic acids is 1. The van der Waals surface area contributed by atoms with Gasteiger partial charge in [0.2, 0.25) is 0 Å². The van der Waals surface area contributed by atoms with Gasteiger partial charge in [-0.2, -0.15) is 0 Å². The van der Waals surface area contributed by atoms with E-state index in [1.165, 1.54) is 14.2 Å². The second-order valence-corrected chi connectivity index (χ2v) is 3.40. The minimum Gasteiger partial charge on any atom is -0.482 e. The van der Waals surface area contributed by atoms with Crippen LogP contribution in [0.4, 0.5) is 0 Å². The third-order valence-electron chi connectivity index (χ3n) is 2.38. The van der Waals surface area contributed by atoms with Gasteiger partial charge in [0.25, 0.3) is 0 Å². The van der Waals surface area contributed by atoms with E-state index in [0.29, 0.717) is 17.2 Å². The first-order valence-electron chi connectivity index (χ1n) is 4.95. The van der Waals surface area contributed by atoms with E-state index in [4.69, 9.17) is 14.6 Å². The van der Waals surface area contributed by atoms with Crippen LogP contribution in [0.5, 0.6) is 5.88 Å². The Kier molecular flexibility index (Phi) is 2.97. The van der Waals surface area contributed by atoms with E-state index in [9.17, 15) is 4.79 Å². The average molecular weight is 236 g/mol. The summed E-state index contributed by atoms with van der Waals surface area (Å²) in [6, 6.07) is 5.14. The highest BCUT2D eigenvalue weighted by Crippen LogP contribution is 2.21. The molecule has 6 heteroatoms. The Hall–Kier alpha value is -2.08. The lowest BCUT2D eigenvalue weighted by Crippen LogP contribution is -2.00. The molecule has 1 N–H and O–H groups in total. The molecule has 2 aromatic heterocycles. The zero-order valence-electron chi connectivity index (χ0n) is 9.51. The fourth-order valence-electron chi connectivity index (χ4n) is 1.72. The SMILES string of the molecule is COCc1nc(C(=O)O)c2cccc(OC)n12. The molecule has 2 rings (SSSR count). The minimum atomic E-state index is -1.07. The van der Waals surface area contributed by atoms with Gasteiger partial charge in [0.1, 0.15) is 12.4 Å². The first-order valence-corrected chi connectivity index (χ1v) is 4.95. The summed E-state index contributed by atoms with van der Waals surface area (Å²) in [5.41, 5.74) is 0.486. The number of imidazole rings is 1. The molecule has 0 aliphatic carbocycles. The third-order valence-corrected chi connectivity index (χ3v) is 2.38. The first-order chi connectivity index (χ1) is 8.19. The van der Waals surface area contributed by atoms with Crippen molar-refractivity contribution in [2.24, 2.45) is 0 Å². The molecule has 6 nitrogen and oxygen atoms in total. The van der Waals surface area contributed by atoms with Gasteiger partial charge < -0.3 is 14.6 Å². The number of fused-ring (bicyclic) bond motifs is 1. The molecular weight excluding hydrogens is 224 g/mol. The highest BCUT2D eigenvalue weighted by Gasteiger charge is 2.18. The van der Waals surface area contributed by atoms with Crippen LogP contribution < -0.4 is 4.74 Å². The molecule has 0 saturated carbocycles. The lowest BCUT2D eigenvalue weighted by atomic mass is 10.3. The van der Waals surface area contributed by atoms with Crippen molar-refractivity contribution in [2.45, 2.75) is 6.61 Å². The molecule has 90 valence electrons. The van der Waals surface area contributed by atoms with Gasteiger partial charge in [-0.25, -0.2) is 9.78 Å². The maximum atomic E-state index is 11.1. The lowest BCUT2D eigenvalue weighted by molar-refractivity contribution is 0.0692. The fourth-order valence-corrected chi connectivity index (χ4v) is 1.72. The first kappa shape index (κ1) is 11.4. The molecule has 0 aliphatic heterocycles. The van der Waals surface area contributed by atoms with Crippen molar-refractivity contribution in [3.63, 3.8) is 0 Å². The van der Waals surface area contributed by atoms with Gasteiger partial charge in [0.05, 0.1) is 12.6 Å². The maximum Gasteiger partial charge on any atom is 0.356 e. The second-order valence-electron chi connectivity index (χ2n) is 3.40. The minimum absolute atomic E-state index is 0.00375. The molecule has 0 spiro atoms. The van der Waals surface area contributed by atoms with Gasteiger partial charge in [0, 0.05) is 7.11 Å². The Morgan fingerprint density at radius 2 is 2.24 bits per heavy atom. The Labute approximate surface area is 97.4 Å². The molecule has 0 fully saturated rings. The molecule has 0 saturated heterocycles. The van der Waals surface area contributed by atoms with Crippen molar-refractivity contribution >= 4 is 11.5 Å². The van der Waals surface area contributed by atoms with Gasteiger partial charge in [-0.1, -0.05) is 6.07 Å². The molecule has 0 aromatic carbocycles. The number of nitrogens with zero attached hydrogens (tertiary/aromatic N) is 2. The number of carboxylic acid groups (broad SMARTS) is 1. The molecule has 0 bridgehead atoms. The number of rotatable bonds is 4. The Balaban J connectivity index is 2.76. The number of hydrogen-bond acceptors (Lipinski definition) is 4. The molecule has 0 aliphatic rings. The van der Waals surface area contributed by atoms with E-state index in [-0.39, 0.29) is 12.3 Å². The molecule has 2 aromatic rings. The monoisotopic (exact) mass is 236 g/mol. The van der Waals surface area contributed by atoms with E-state index in [1.807, 2.05) is 0 Å². The summed E-state index contributed by atoms with van der Waals surface area (Å²) in [4.78, 5) is 15.1. The van der Waals surface area contributed by atoms with E-state index >= 15 is 0 Å². The van der Waals surface area contributed by atoms with E-state index in [2.05, 4.69) is 4.98 Å². The standard InChI is InChI=1S/C11H12N2O4/c1-16-6-8-12-10(11(14)15)7-4-3-5-9(17-2)13(7)8/h3-5H,6H2,1-2H3,(H,14,15). The topological polar surface area (TPSA) is 73.1 Å². The average Bonchev–Trinajstić information content (AvgIpc) is 2.69. The van der Waals surface area contributed by atoms with E-state index in [1.54, 1.807) is 22.6 Å². The van der Waals surface area contributed by atoms with Gasteiger partial charge >= 0.3 is 5.97 Å². The van der Waals surface area contributed by atoms with Crippen LogP contribution in [0, 0.1) is 0 Å². The summed E-state index contributed by atoms with van der Waals surface area (Å²) in [6.45, 7) is 0.217. The van der Waals surface area contributed by atoms with Crippen LogP contribution in [0.15, 0.2) is 18.2 Å². The largest absolute Gasteiger partial charge is 0.482 e. The number of carboxylic acids is 1. The Bertz CT molecular complexity index is 562. The summed E-state index contributed by atoms with van der Waals surface area (Å²) in [7, 11) is 3.04. The van der Waals surface area contributed by atoms with Crippen LogP contribution in [0.1, 0.15) is 16.3 Å². The predicted octanol–water partition coefficient (Wildman–Crippen LogP) is 1.19. The normalized spacial score (nSPS) is 10.7. The summed E-state index contributed by atoms with van der Waals surface area (Å²) < 4.78 is 11.8. The second kappa shape index (κ2) is 4.42. The van der Waals surface area contributed by atoms with Crippen LogP contribution >= 0.6 is 0 Å². The molecule has 0 atom stereocenters. The van der Waals surface area contributed by atoms with Crippen molar-refractivity contribution in [1.29, 1.82) is 0 Å². The predicted molar refractivity (Wildman–Crippen MR) is 59.4 cm³/mol. The molecule has 0 unspecified atom stereocenters. The number of pyridine rings is 1. The Morgan fingerprint density at radius 3 is 2.82 bits per heavy atom. The zero-order valence-corrected chi connectivity index (χ0v) is 9.51. The van der Waals surface area contributed by atoms with Gasteiger partial charge in [-0.3, -0.25) is 4.40 Å². The van der Waals surface area contributed by atoms with Gasteiger partial charge in [-0.15, -0.1) is 0 Å². The van der Waals surface area contributed by atoms with Crippen LogP contribution in [0.25, 0.3) is 5.52 Å². The molecular formula is C11H12N2O4. The highest BCUT2D eigenvalue weighted by molar-refractivity contribution is 5.93. The van der Waals surface area contributed by atoms with Crippen molar-refractivity contribution in [2.75, 3.05) is 14.2 Å². The third kappa shape index (κ3) is 1.83. The molecule has 2 heterocycles. The summed E-state index contributed by atoms with van der Waals surface area (Å²) >= 11 is 0. The van der Waals surface area contributed by atoms with Crippen LogP contribution in [0.3, 0.4) is 0 Å². The lowest BCUT2D eigenvalue weighted by Gasteiger charge is -2.06. The molecule has 0 radical (unpaired) electrons. The number of carbonyl (C=O) groups is 1. The smallest absolute Gasteiger partial charge is 0.356 e. The fraction of sp³-hybridized carbons (Fsp3) is 0.273. The van der Waals surface area contributed by atoms with Crippen molar-refractivity contribution in [3.05, 3.63) is 29.7 Å². The van der Waals surface area contributed by atoms with E-state index in [0.717, 1.165) is 0 Å². The molecule has 17 heavy (non-hydrogen) atoms. The highest BCUT2D eigenvalue weighted by atomic mass is 16.5. The quantitative estimate of drug-likeness (QED) is 0.863. The van der Waals surface area contributed by atoms with Crippen molar-refractivity contribution in [3.8, 4) is 5.88 Å². The zero-order chi connectivity index (χ0) is 12.4. The van der Waals surface area contributed by atoms with E-state index < -0.39 is 5.97 Å². The van der Waals surface area contributed by atoms with Crippen molar-refractivity contribution < 1.29 is 19.4 Å². The summed E-state index contributed by atoms with van der Waals surface area (Å²) in [5, 5.41) is 9.07. The van der Waals surface area contributed by atoms with Crippen LogP contribution in [-0.4, -0.2) is 34.7 Å². The number of methoxy groups -OCH3 is 2. The summed E-state index contributed by atoms with van der Waals surface area (Å²) in [6.07, 6.45) is 0. The number of hydrogen-bond donors (Lipinski definition) is 1. The Morgan fingerprint density at radius 1 is 1.47 bits per heavy atom. The number of aromatic nitrogens is 2. The molecule has 0 amide bonds. The maximum absolute atomic E-state index is 11.1. The van der Waals surface area contributed by atoms with Gasteiger partial charge in [0.15, 0.2) is 11.6 Å². The van der Waals surface area contributed by atoms with Crippen molar-refractivity contribution in [1.82, 2.24) is 9.38 Å². The van der Waals surface area contributed by atoms with Gasteiger partial charge in [-0.05, 0) is 12.1 Å². The van der Waals surface area contributed by atoms with Crippen LogP contribution in [0.2, 0.25) is 0 Å². The van der Waals surface area contributed by atoms with Crippen LogP contribution in [-0.2, 0) is 11.3 Å².